The van der Waals surface area contributed by atoms with Crippen LogP contribution in [0.3, 0.4) is 0 Å². The van der Waals surface area contributed by atoms with Gasteiger partial charge in [-0.15, -0.1) is 0 Å². The van der Waals surface area contributed by atoms with Gasteiger partial charge in [-0.2, -0.15) is 5.10 Å². The van der Waals surface area contributed by atoms with Crippen molar-refractivity contribution in [3.63, 3.8) is 0 Å². The Hall–Kier alpha value is -2.57. The van der Waals surface area contributed by atoms with Crippen molar-refractivity contribution in [3.8, 4) is 5.75 Å². The number of carbonyl (C=O) groups excluding carboxylic acids is 1. The van der Waals surface area contributed by atoms with Crippen LogP contribution >= 0.6 is 11.6 Å². The highest BCUT2D eigenvalue weighted by atomic mass is 35.5. The zero-order chi connectivity index (χ0) is 15.2. The molecule has 4 N–H and O–H groups in total. The Bertz CT molecular complexity index is 651. The van der Waals surface area contributed by atoms with Gasteiger partial charge in [0.2, 0.25) is 0 Å². The van der Waals surface area contributed by atoms with Gasteiger partial charge in [-0.1, -0.05) is 17.7 Å². The van der Waals surface area contributed by atoms with Crippen LogP contribution in [-0.2, 0) is 0 Å². The molecule has 6 nitrogen and oxygen atoms in total. The smallest absolute Gasteiger partial charge is 0.271 e. The molecule has 2 rings (SSSR count). The molecule has 0 aromatic heterocycles. The summed E-state index contributed by atoms with van der Waals surface area (Å²) in [6, 6.07) is 10.8. The third-order valence-electron chi connectivity index (χ3n) is 2.67. The zero-order valence-corrected chi connectivity index (χ0v) is 11.5. The second kappa shape index (κ2) is 6.74. The summed E-state index contributed by atoms with van der Waals surface area (Å²) in [7, 11) is 0. The van der Waals surface area contributed by atoms with Gasteiger partial charge in [0, 0.05) is 5.56 Å². The summed E-state index contributed by atoms with van der Waals surface area (Å²) in [5.41, 5.74) is 5.44. The molecule has 0 fully saturated rings. The van der Waals surface area contributed by atoms with Gasteiger partial charge in [-0.25, -0.2) is 5.43 Å². The summed E-state index contributed by atoms with van der Waals surface area (Å²) >= 11 is 5.90. The van der Waals surface area contributed by atoms with E-state index < -0.39 is 5.91 Å². The molecule has 1 amide bonds. The number of carbonyl (C=O) groups is 1. The molecule has 0 bridgehead atoms. The van der Waals surface area contributed by atoms with Gasteiger partial charge in [0.1, 0.15) is 5.75 Å². The van der Waals surface area contributed by atoms with E-state index in [-0.39, 0.29) is 5.75 Å². The number of halogens is 1. The quantitative estimate of drug-likeness (QED) is 0.516. The van der Waals surface area contributed by atoms with E-state index in [1.54, 1.807) is 24.3 Å². The number of hydrogen-bond acceptors (Lipinski definition) is 5. The average molecular weight is 306 g/mol. The van der Waals surface area contributed by atoms with Crippen LogP contribution in [0.25, 0.3) is 0 Å². The summed E-state index contributed by atoms with van der Waals surface area (Å²) in [6.07, 6.45) is 1.26. The Morgan fingerprint density at radius 3 is 2.52 bits per heavy atom. The Morgan fingerprint density at radius 2 is 1.90 bits per heavy atom. The minimum atomic E-state index is -0.428. The lowest BCUT2D eigenvalue weighted by molar-refractivity contribution is 0.0955. The molecule has 0 unspecified atom stereocenters. The van der Waals surface area contributed by atoms with Crippen LogP contribution < -0.4 is 10.9 Å². The molecule has 0 saturated heterocycles. The van der Waals surface area contributed by atoms with Gasteiger partial charge in [-0.3, -0.25) is 15.5 Å². The number of phenolic OH excluding ortho intramolecular Hbond substituents is 1. The maximum atomic E-state index is 11.8. The Labute approximate surface area is 125 Å². The molecule has 0 radical (unpaired) electrons. The second-order valence-electron chi connectivity index (χ2n) is 4.06. The van der Waals surface area contributed by atoms with Gasteiger partial charge < -0.3 is 5.11 Å². The highest BCUT2D eigenvalue weighted by Crippen LogP contribution is 2.22. The Kier molecular flexibility index (Phi) is 4.76. The van der Waals surface area contributed by atoms with E-state index in [0.29, 0.717) is 21.8 Å². The van der Waals surface area contributed by atoms with Crippen molar-refractivity contribution in [2.75, 3.05) is 5.48 Å². The monoisotopic (exact) mass is 305 g/mol. The van der Waals surface area contributed by atoms with E-state index in [0.717, 1.165) is 0 Å². The Morgan fingerprint density at radius 1 is 1.19 bits per heavy atom. The molecule has 21 heavy (non-hydrogen) atoms. The first-order chi connectivity index (χ1) is 10.1. The second-order valence-corrected chi connectivity index (χ2v) is 4.47. The van der Waals surface area contributed by atoms with Crippen LogP contribution in [0.15, 0.2) is 47.6 Å². The molecule has 0 aliphatic heterocycles. The number of rotatable bonds is 4. The molecule has 2 aromatic carbocycles. The van der Waals surface area contributed by atoms with Gasteiger partial charge in [0.25, 0.3) is 5.91 Å². The number of nitrogens with zero attached hydrogens (tertiary/aromatic N) is 1. The van der Waals surface area contributed by atoms with E-state index in [1.165, 1.54) is 24.4 Å². The first-order valence-electron chi connectivity index (χ1n) is 5.93. The van der Waals surface area contributed by atoms with Gasteiger partial charge in [-0.05, 0) is 36.4 Å². The van der Waals surface area contributed by atoms with Crippen molar-refractivity contribution in [1.29, 1.82) is 0 Å². The van der Waals surface area contributed by atoms with E-state index in [4.69, 9.17) is 16.8 Å². The fourth-order valence-corrected chi connectivity index (χ4v) is 1.79. The topological polar surface area (TPSA) is 94.0 Å². The molecule has 0 aliphatic carbocycles. The number of phenols is 1. The van der Waals surface area contributed by atoms with Crippen molar-refractivity contribution >= 4 is 29.4 Å². The molecule has 2 aromatic rings. The summed E-state index contributed by atoms with van der Waals surface area (Å²) < 4.78 is 0. The van der Waals surface area contributed by atoms with Crippen molar-refractivity contribution in [1.82, 2.24) is 5.43 Å². The standard InChI is InChI=1S/C14H12ClN3O3/c15-12-2-1-3-13(19)11(12)8-16-17-14(20)9-4-6-10(18-21)7-5-9/h1-8,18-19,21H,(H,17,20). The zero-order valence-electron chi connectivity index (χ0n) is 10.7. The van der Waals surface area contributed by atoms with Gasteiger partial charge in [0.05, 0.1) is 22.5 Å². The summed E-state index contributed by atoms with van der Waals surface area (Å²) in [5.74, 6) is -0.457. The van der Waals surface area contributed by atoms with Crippen molar-refractivity contribution in [2.45, 2.75) is 0 Å². The maximum Gasteiger partial charge on any atom is 0.271 e. The summed E-state index contributed by atoms with van der Waals surface area (Å²) in [4.78, 5) is 11.8. The van der Waals surface area contributed by atoms with E-state index in [9.17, 15) is 9.90 Å². The van der Waals surface area contributed by atoms with Crippen LogP contribution in [0, 0.1) is 0 Å². The third kappa shape index (κ3) is 3.71. The van der Waals surface area contributed by atoms with Crippen LogP contribution in [-0.4, -0.2) is 22.4 Å². The molecule has 0 saturated carbocycles. The lowest BCUT2D eigenvalue weighted by Crippen LogP contribution is -2.17. The third-order valence-corrected chi connectivity index (χ3v) is 3.00. The van der Waals surface area contributed by atoms with Crippen LogP contribution in [0.4, 0.5) is 5.69 Å². The summed E-state index contributed by atoms with van der Waals surface area (Å²) in [5, 5.41) is 22.4. The minimum Gasteiger partial charge on any atom is -0.507 e. The lowest BCUT2D eigenvalue weighted by atomic mass is 10.2. The van der Waals surface area contributed by atoms with Crippen molar-refractivity contribution < 1.29 is 15.1 Å². The van der Waals surface area contributed by atoms with Crippen molar-refractivity contribution in [3.05, 3.63) is 58.6 Å². The molecule has 0 heterocycles. The number of aromatic hydroxyl groups is 1. The molecule has 108 valence electrons. The van der Waals surface area contributed by atoms with Gasteiger partial charge >= 0.3 is 0 Å². The molecule has 0 aliphatic rings. The largest absolute Gasteiger partial charge is 0.507 e. The number of hydrogen-bond donors (Lipinski definition) is 4. The maximum absolute atomic E-state index is 11.8. The average Bonchev–Trinajstić information content (AvgIpc) is 2.50. The fourth-order valence-electron chi connectivity index (χ4n) is 1.57. The molecule has 0 spiro atoms. The number of anilines is 1. The minimum absolute atomic E-state index is 0.0288. The first kappa shape index (κ1) is 14.8. The number of amides is 1. The van der Waals surface area contributed by atoms with Crippen LogP contribution in [0.2, 0.25) is 5.02 Å². The van der Waals surface area contributed by atoms with Crippen LogP contribution in [0.1, 0.15) is 15.9 Å². The predicted molar refractivity (Wildman–Crippen MR) is 80.0 cm³/mol. The van der Waals surface area contributed by atoms with E-state index in [1.807, 2.05) is 5.48 Å². The molecule has 7 heteroatoms. The lowest BCUT2D eigenvalue weighted by Gasteiger charge is -2.03. The number of hydrazone groups is 1. The highest BCUT2D eigenvalue weighted by Gasteiger charge is 2.05. The first-order valence-corrected chi connectivity index (χ1v) is 6.30. The number of nitrogens with one attached hydrogen (secondary N) is 2. The predicted octanol–water partition coefficient (Wildman–Crippen LogP) is 2.61. The molecular weight excluding hydrogens is 294 g/mol. The Balaban J connectivity index is 2.05. The normalized spacial score (nSPS) is 10.6. The van der Waals surface area contributed by atoms with Crippen LogP contribution in [0.5, 0.6) is 5.75 Å². The van der Waals surface area contributed by atoms with E-state index in [2.05, 4.69) is 10.5 Å². The summed E-state index contributed by atoms with van der Waals surface area (Å²) in [6.45, 7) is 0. The van der Waals surface area contributed by atoms with E-state index >= 15 is 0 Å². The SMILES string of the molecule is O=C(NN=Cc1c(O)cccc1Cl)c1ccc(NO)cc1. The number of benzene rings is 2. The molecule has 0 atom stereocenters. The van der Waals surface area contributed by atoms with Gasteiger partial charge in [0.15, 0.2) is 0 Å². The highest BCUT2D eigenvalue weighted by molar-refractivity contribution is 6.33. The molecular formula is C14H12ClN3O3. The fraction of sp³-hybridized carbons (Fsp3) is 0. The van der Waals surface area contributed by atoms with Crippen molar-refractivity contribution in [2.24, 2.45) is 5.10 Å².